The van der Waals surface area contributed by atoms with Crippen molar-refractivity contribution in [1.82, 2.24) is 0 Å². The van der Waals surface area contributed by atoms with Crippen molar-refractivity contribution >= 4 is 23.2 Å². The Morgan fingerprint density at radius 3 is 2.76 bits per heavy atom. The number of fused-ring (bicyclic) bond motifs is 1. The maximum Gasteiger partial charge on any atom is 0.166 e. The highest BCUT2D eigenvalue weighted by Gasteiger charge is 2.20. The number of hydrogen-bond donors (Lipinski definition) is 1. The molecule has 0 radical (unpaired) electrons. The van der Waals surface area contributed by atoms with Crippen LogP contribution in [0.25, 0.3) is 0 Å². The van der Waals surface area contributed by atoms with E-state index in [0.29, 0.717) is 29.7 Å². The largest absolute Gasteiger partial charge is 0.486 e. The molecule has 0 aromatic heterocycles. The molecule has 1 aliphatic rings. The van der Waals surface area contributed by atoms with Gasteiger partial charge in [0, 0.05) is 21.7 Å². The lowest BCUT2D eigenvalue weighted by Crippen LogP contribution is -2.20. The Morgan fingerprint density at radius 1 is 1.10 bits per heavy atom. The zero-order chi connectivity index (χ0) is 14.8. The summed E-state index contributed by atoms with van der Waals surface area (Å²) < 4.78 is 11.3. The van der Waals surface area contributed by atoms with Crippen molar-refractivity contribution in [2.75, 3.05) is 13.2 Å². The maximum atomic E-state index is 6.33. The third kappa shape index (κ3) is 3.10. The molecule has 1 heterocycles. The van der Waals surface area contributed by atoms with E-state index in [9.17, 15) is 0 Å². The van der Waals surface area contributed by atoms with Gasteiger partial charge < -0.3 is 15.2 Å². The normalized spacial score (nSPS) is 14.8. The van der Waals surface area contributed by atoms with Gasteiger partial charge in [-0.15, -0.1) is 0 Å². The minimum Gasteiger partial charge on any atom is -0.486 e. The first-order valence-electron chi connectivity index (χ1n) is 6.73. The van der Waals surface area contributed by atoms with Crippen molar-refractivity contribution in [2.45, 2.75) is 12.5 Å². The quantitative estimate of drug-likeness (QED) is 0.928. The van der Waals surface area contributed by atoms with Crippen molar-refractivity contribution in [3.8, 4) is 11.5 Å². The highest BCUT2D eigenvalue weighted by atomic mass is 35.5. The third-order valence-corrected chi connectivity index (χ3v) is 4.05. The van der Waals surface area contributed by atoms with E-state index < -0.39 is 0 Å². The average molecular weight is 324 g/mol. The number of rotatable bonds is 3. The Bertz CT molecular complexity index is 661. The zero-order valence-electron chi connectivity index (χ0n) is 11.3. The van der Waals surface area contributed by atoms with Gasteiger partial charge in [0.05, 0.1) is 0 Å². The lowest BCUT2D eigenvalue weighted by molar-refractivity contribution is 0.169. The molecule has 110 valence electrons. The molecule has 3 nitrogen and oxygen atoms in total. The molecule has 2 aromatic carbocycles. The molecule has 0 amide bonds. The fourth-order valence-corrected chi connectivity index (χ4v) is 2.82. The zero-order valence-corrected chi connectivity index (χ0v) is 12.8. The SMILES string of the molecule is NC(Cc1cc(Cl)ccc1Cl)c1cccc2c1OCCO2. The lowest BCUT2D eigenvalue weighted by atomic mass is 9.98. The van der Waals surface area contributed by atoms with Crippen LogP contribution in [0.3, 0.4) is 0 Å². The monoisotopic (exact) mass is 323 g/mol. The first-order valence-corrected chi connectivity index (χ1v) is 7.49. The summed E-state index contributed by atoms with van der Waals surface area (Å²) in [5, 5.41) is 1.31. The van der Waals surface area contributed by atoms with Gasteiger partial charge in [0.1, 0.15) is 13.2 Å². The van der Waals surface area contributed by atoms with Gasteiger partial charge in [-0.25, -0.2) is 0 Å². The van der Waals surface area contributed by atoms with E-state index in [-0.39, 0.29) is 6.04 Å². The van der Waals surface area contributed by atoms with Crippen molar-refractivity contribution in [2.24, 2.45) is 5.73 Å². The second kappa shape index (κ2) is 6.14. The fraction of sp³-hybridized carbons (Fsp3) is 0.250. The molecule has 0 fully saturated rings. The molecule has 0 bridgehead atoms. The summed E-state index contributed by atoms with van der Waals surface area (Å²) in [7, 11) is 0. The van der Waals surface area contributed by atoms with Crippen LogP contribution < -0.4 is 15.2 Å². The van der Waals surface area contributed by atoms with Crippen LogP contribution in [0.15, 0.2) is 36.4 Å². The van der Waals surface area contributed by atoms with Gasteiger partial charge in [-0.2, -0.15) is 0 Å². The van der Waals surface area contributed by atoms with Crippen LogP contribution in [0.2, 0.25) is 10.0 Å². The van der Waals surface area contributed by atoms with E-state index in [0.717, 1.165) is 22.6 Å². The summed E-state index contributed by atoms with van der Waals surface area (Å²) in [6.45, 7) is 1.10. The summed E-state index contributed by atoms with van der Waals surface area (Å²) in [6.07, 6.45) is 0.583. The number of benzene rings is 2. The van der Waals surface area contributed by atoms with Crippen molar-refractivity contribution in [1.29, 1.82) is 0 Å². The Morgan fingerprint density at radius 2 is 1.90 bits per heavy atom. The van der Waals surface area contributed by atoms with Crippen LogP contribution >= 0.6 is 23.2 Å². The number of hydrogen-bond acceptors (Lipinski definition) is 3. The molecule has 2 aromatic rings. The van der Waals surface area contributed by atoms with Gasteiger partial charge in [0.25, 0.3) is 0 Å². The molecular weight excluding hydrogens is 309 g/mol. The third-order valence-electron chi connectivity index (χ3n) is 3.44. The smallest absolute Gasteiger partial charge is 0.166 e. The summed E-state index contributed by atoms with van der Waals surface area (Å²) in [5.41, 5.74) is 8.17. The first kappa shape index (κ1) is 14.5. The highest BCUT2D eigenvalue weighted by Crippen LogP contribution is 2.37. The average Bonchev–Trinajstić information content (AvgIpc) is 2.50. The van der Waals surface area contributed by atoms with E-state index in [4.69, 9.17) is 38.4 Å². The number of halogens is 2. The lowest BCUT2D eigenvalue weighted by Gasteiger charge is -2.23. The molecule has 21 heavy (non-hydrogen) atoms. The predicted octanol–water partition coefficient (Wildman–Crippen LogP) is 4.01. The van der Waals surface area contributed by atoms with Gasteiger partial charge in [-0.3, -0.25) is 0 Å². The van der Waals surface area contributed by atoms with E-state index >= 15 is 0 Å². The van der Waals surface area contributed by atoms with Crippen molar-refractivity contribution in [3.05, 3.63) is 57.6 Å². The number of para-hydroxylation sites is 1. The van der Waals surface area contributed by atoms with Crippen molar-refractivity contribution in [3.63, 3.8) is 0 Å². The van der Waals surface area contributed by atoms with Gasteiger partial charge in [0.15, 0.2) is 11.5 Å². The molecule has 1 aliphatic heterocycles. The molecule has 2 N–H and O–H groups in total. The Kier molecular flexibility index (Phi) is 4.24. The number of ether oxygens (including phenoxy) is 2. The van der Waals surface area contributed by atoms with Gasteiger partial charge in [-0.05, 0) is 36.2 Å². The Hall–Kier alpha value is -1.42. The van der Waals surface area contributed by atoms with Crippen LogP contribution in [-0.2, 0) is 6.42 Å². The molecular formula is C16H15Cl2NO2. The number of nitrogens with two attached hydrogens (primary N) is 1. The minimum absolute atomic E-state index is 0.238. The molecule has 0 saturated heterocycles. The van der Waals surface area contributed by atoms with Crippen LogP contribution in [0.4, 0.5) is 0 Å². The summed E-state index contributed by atoms with van der Waals surface area (Å²) >= 11 is 12.2. The summed E-state index contributed by atoms with van der Waals surface area (Å²) in [6, 6.07) is 10.9. The highest BCUT2D eigenvalue weighted by molar-refractivity contribution is 6.33. The predicted molar refractivity (Wildman–Crippen MR) is 84.5 cm³/mol. The van der Waals surface area contributed by atoms with Gasteiger partial charge >= 0.3 is 0 Å². The molecule has 1 atom stereocenters. The van der Waals surface area contributed by atoms with Gasteiger partial charge in [0.2, 0.25) is 0 Å². The van der Waals surface area contributed by atoms with Crippen LogP contribution in [-0.4, -0.2) is 13.2 Å². The van der Waals surface area contributed by atoms with Crippen LogP contribution in [0, 0.1) is 0 Å². The van der Waals surface area contributed by atoms with E-state index in [1.165, 1.54) is 0 Å². The van der Waals surface area contributed by atoms with Crippen LogP contribution in [0.5, 0.6) is 11.5 Å². The minimum atomic E-state index is -0.238. The topological polar surface area (TPSA) is 44.5 Å². The molecule has 1 unspecified atom stereocenters. The Labute approximate surface area is 133 Å². The van der Waals surface area contributed by atoms with E-state index in [1.54, 1.807) is 12.1 Å². The molecule has 3 rings (SSSR count). The van der Waals surface area contributed by atoms with Crippen molar-refractivity contribution < 1.29 is 9.47 Å². The van der Waals surface area contributed by atoms with E-state index in [2.05, 4.69) is 0 Å². The Balaban J connectivity index is 1.89. The fourth-order valence-electron chi connectivity index (χ4n) is 2.43. The molecule has 0 spiro atoms. The summed E-state index contributed by atoms with van der Waals surface area (Å²) in [5.74, 6) is 1.47. The molecule has 0 aliphatic carbocycles. The maximum absolute atomic E-state index is 6.33. The second-order valence-electron chi connectivity index (χ2n) is 4.92. The second-order valence-corrected chi connectivity index (χ2v) is 5.76. The summed E-state index contributed by atoms with van der Waals surface area (Å²) in [4.78, 5) is 0. The van der Waals surface area contributed by atoms with Gasteiger partial charge in [-0.1, -0.05) is 35.3 Å². The standard InChI is InChI=1S/C16H15Cl2NO2/c17-11-4-5-13(18)10(8-11)9-14(19)12-2-1-3-15-16(12)21-7-6-20-15/h1-5,8,14H,6-7,9,19H2. The molecule has 0 saturated carbocycles. The van der Waals surface area contributed by atoms with Crippen LogP contribution in [0.1, 0.15) is 17.2 Å². The van der Waals surface area contributed by atoms with E-state index in [1.807, 2.05) is 24.3 Å². The molecule has 5 heteroatoms. The first-order chi connectivity index (χ1) is 10.1.